The summed E-state index contributed by atoms with van der Waals surface area (Å²) >= 11 is 0. The first-order valence-corrected chi connectivity index (χ1v) is 4.71. The maximum atomic E-state index is 11.8. The third-order valence-corrected chi connectivity index (χ3v) is 2.34. The molecule has 76 valence electrons. The number of amides is 1. The summed E-state index contributed by atoms with van der Waals surface area (Å²) in [4.78, 5) is 11.4. The van der Waals surface area contributed by atoms with E-state index in [2.05, 4.69) is 5.32 Å². The molecule has 1 rings (SSSR count). The Kier molecular flexibility index (Phi) is 4.15. The molecule has 4 heteroatoms. The number of alkyl halides is 1. The van der Waals surface area contributed by atoms with E-state index in [1.807, 2.05) is 6.92 Å². The molecule has 1 heterocycles. The lowest BCUT2D eigenvalue weighted by Gasteiger charge is -2.27. The molecule has 1 amide bonds. The molecule has 1 aliphatic rings. The van der Waals surface area contributed by atoms with E-state index in [0.717, 1.165) is 19.4 Å². The van der Waals surface area contributed by atoms with Gasteiger partial charge in [0.25, 0.3) is 0 Å². The lowest BCUT2D eigenvalue weighted by molar-refractivity contribution is -0.133. The normalized spacial score (nSPS) is 28.5. The van der Waals surface area contributed by atoms with Crippen LogP contribution in [0.2, 0.25) is 0 Å². The standard InChI is InChI=1S/C9H16FNO2/c1-7-8(3-2-6-13-7)9(12)11-5-4-10/h7-8H,2-6H2,1H3,(H,11,12)/t7-,8-/m1/s1. The van der Waals surface area contributed by atoms with Crippen molar-refractivity contribution in [3.8, 4) is 0 Å². The Hall–Kier alpha value is -0.640. The van der Waals surface area contributed by atoms with Crippen LogP contribution in [0.4, 0.5) is 4.39 Å². The van der Waals surface area contributed by atoms with Crippen LogP contribution in [-0.2, 0) is 9.53 Å². The van der Waals surface area contributed by atoms with E-state index in [1.165, 1.54) is 0 Å². The van der Waals surface area contributed by atoms with Gasteiger partial charge in [0, 0.05) is 13.2 Å². The van der Waals surface area contributed by atoms with Gasteiger partial charge in [0.15, 0.2) is 0 Å². The van der Waals surface area contributed by atoms with Crippen molar-refractivity contribution < 1.29 is 13.9 Å². The van der Waals surface area contributed by atoms with Crippen LogP contribution < -0.4 is 5.32 Å². The van der Waals surface area contributed by atoms with Gasteiger partial charge >= 0.3 is 0 Å². The first kappa shape index (κ1) is 10.4. The van der Waals surface area contributed by atoms with E-state index in [-0.39, 0.29) is 24.5 Å². The summed E-state index contributed by atoms with van der Waals surface area (Å²) in [5.41, 5.74) is 0. The van der Waals surface area contributed by atoms with Crippen molar-refractivity contribution >= 4 is 5.91 Å². The van der Waals surface area contributed by atoms with E-state index >= 15 is 0 Å². The van der Waals surface area contributed by atoms with Gasteiger partial charge in [-0.1, -0.05) is 0 Å². The molecule has 0 aliphatic carbocycles. The minimum atomic E-state index is -0.506. The fraction of sp³-hybridized carbons (Fsp3) is 0.889. The molecule has 0 spiro atoms. The number of nitrogens with one attached hydrogen (secondary N) is 1. The number of carbonyl (C=O) groups excluding carboxylic acids is 1. The molecule has 1 saturated heterocycles. The molecule has 0 radical (unpaired) electrons. The first-order valence-electron chi connectivity index (χ1n) is 4.71. The van der Waals surface area contributed by atoms with Crippen LogP contribution in [0.1, 0.15) is 19.8 Å². The average Bonchev–Trinajstić information content (AvgIpc) is 2.15. The van der Waals surface area contributed by atoms with Crippen molar-refractivity contribution in [2.45, 2.75) is 25.9 Å². The second kappa shape index (κ2) is 5.17. The van der Waals surface area contributed by atoms with Crippen molar-refractivity contribution in [3.63, 3.8) is 0 Å². The van der Waals surface area contributed by atoms with Crippen molar-refractivity contribution in [3.05, 3.63) is 0 Å². The third-order valence-electron chi connectivity index (χ3n) is 2.34. The number of carbonyl (C=O) groups is 1. The Labute approximate surface area is 77.6 Å². The average molecular weight is 189 g/mol. The minimum Gasteiger partial charge on any atom is -0.378 e. The molecule has 1 aliphatic heterocycles. The summed E-state index contributed by atoms with van der Waals surface area (Å²) in [5.74, 6) is -0.176. The molecule has 0 aromatic carbocycles. The summed E-state index contributed by atoms with van der Waals surface area (Å²) in [6.45, 7) is 2.22. The van der Waals surface area contributed by atoms with Crippen LogP contribution >= 0.6 is 0 Å². The van der Waals surface area contributed by atoms with E-state index in [4.69, 9.17) is 4.74 Å². The molecule has 2 atom stereocenters. The molecular weight excluding hydrogens is 173 g/mol. The molecule has 13 heavy (non-hydrogen) atoms. The topological polar surface area (TPSA) is 38.3 Å². The molecular formula is C9H16FNO2. The van der Waals surface area contributed by atoms with Crippen LogP contribution in [-0.4, -0.2) is 31.8 Å². The summed E-state index contributed by atoms with van der Waals surface area (Å²) in [6, 6.07) is 0. The highest BCUT2D eigenvalue weighted by molar-refractivity contribution is 5.79. The van der Waals surface area contributed by atoms with Crippen molar-refractivity contribution in [1.82, 2.24) is 5.32 Å². The second-order valence-electron chi connectivity index (χ2n) is 3.30. The summed E-state index contributed by atoms with van der Waals surface area (Å²) in [5, 5.41) is 2.54. The molecule has 3 nitrogen and oxygen atoms in total. The Morgan fingerprint density at radius 1 is 1.69 bits per heavy atom. The van der Waals surface area contributed by atoms with Gasteiger partial charge in [-0.25, -0.2) is 4.39 Å². The van der Waals surface area contributed by atoms with E-state index in [1.54, 1.807) is 0 Å². The highest BCUT2D eigenvalue weighted by atomic mass is 19.1. The van der Waals surface area contributed by atoms with Crippen molar-refractivity contribution in [1.29, 1.82) is 0 Å². The largest absolute Gasteiger partial charge is 0.378 e. The lowest BCUT2D eigenvalue weighted by atomic mass is 9.94. The van der Waals surface area contributed by atoms with E-state index in [9.17, 15) is 9.18 Å². The van der Waals surface area contributed by atoms with Crippen LogP contribution in [0.15, 0.2) is 0 Å². The molecule has 1 N–H and O–H groups in total. The van der Waals surface area contributed by atoms with Crippen LogP contribution in [0.3, 0.4) is 0 Å². The zero-order valence-corrected chi connectivity index (χ0v) is 7.88. The van der Waals surface area contributed by atoms with Gasteiger partial charge in [-0.15, -0.1) is 0 Å². The monoisotopic (exact) mass is 189 g/mol. The highest BCUT2D eigenvalue weighted by Gasteiger charge is 2.28. The fourth-order valence-electron chi connectivity index (χ4n) is 1.57. The maximum Gasteiger partial charge on any atom is 0.225 e. The zero-order chi connectivity index (χ0) is 9.68. The van der Waals surface area contributed by atoms with Crippen LogP contribution in [0, 0.1) is 5.92 Å². The maximum absolute atomic E-state index is 11.8. The van der Waals surface area contributed by atoms with Gasteiger partial charge in [0.2, 0.25) is 5.91 Å². The summed E-state index contributed by atoms with van der Waals surface area (Å²) in [6.07, 6.45) is 1.73. The smallest absolute Gasteiger partial charge is 0.225 e. The Morgan fingerprint density at radius 2 is 2.46 bits per heavy atom. The Bertz CT molecular complexity index is 175. The molecule has 0 aromatic heterocycles. The van der Waals surface area contributed by atoms with Crippen LogP contribution in [0.5, 0.6) is 0 Å². The Balaban J connectivity index is 2.35. The lowest BCUT2D eigenvalue weighted by Crippen LogP contribution is -2.40. The molecule has 1 fully saturated rings. The number of hydrogen-bond acceptors (Lipinski definition) is 2. The summed E-state index contributed by atoms with van der Waals surface area (Å²) in [7, 11) is 0. The predicted molar refractivity (Wildman–Crippen MR) is 47.1 cm³/mol. The molecule has 0 bridgehead atoms. The second-order valence-corrected chi connectivity index (χ2v) is 3.30. The fourth-order valence-corrected chi connectivity index (χ4v) is 1.57. The molecule has 0 saturated carbocycles. The van der Waals surface area contributed by atoms with Gasteiger partial charge in [-0.3, -0.25) is 4.79 Å². The van der Waals surface area contributed by atoms with E-state index < -0.39 is 6.67 Å². The first-order chi connectivity index (χ1) is 6.25. The van der Waals surface area contributed by atoms with Gasteiger partial charge < -0.3 is 10.1 Å². The third kappa shape index (κ3) is 2.95. The Morgan fingerprint density at radius 3 is 3.08 bits per heavy atom. The quantitative estimate of drug-likeness (QED) is 0.716. The SMILES string of the molecule is C[C@H]1OCCC[C@H]1C(=O)NCCF. The van der Waals surface area contributed by atoms with Crippen molar-refractivity contribution in [2.24, 2.45) is 5.92 Å². The van der Waals surface area contributed by atoms with Gasteiger partial charge in [-0.05, 0) is 19.8 Å². The predicted octanol–water partition coefficient (Wildman–Crippen LogP) is 0.887. The van der Waals surface area contributed by atoms with Gasteiger partial charge in [-0.2, -0.15) is 0 Å². The van der Waals surface area contributed by atoms with Crippen molar-refractivity contribution in [2.75, 3.05) is 19.8 Å². The molecule has 0 unspecified atom stereocenters. The number of halogens is 1. The molecule has 0 aromatic rings. The van der Waals surface area contributed by atoms with Gasteiger partial charge in [0.05, 0.1) is 12.0 Å². The number of hydrogen-bond donors (Lipinski definition) is 1. The highest BCUT2D eigenvalue weighted by Crippen LogP contribution is 2.20. The minimum absolute atomic E-state index is 0.0339. The summed E-state index contributed by atoms with van der Waals surface area (Å²) < 4.78 is 17.1. The van der Waals surface area contributed by atoms with E-state index in [0.29, 0.717) is 0 Å². The van der Waals surface area contributed by atoms with Gasteiger partial charge in [0.1, 0.15) is 6.67 Å². The number of ether oxygens (including phenoxy) is 1. The van der Waals surface area contributed by atoms with Crippen LogP contribution in [0.25, 0.3) is 0 Å². The zero-order valence-electron chi connectivity index (χ0n) is 7.88. The number of rotatable bonds is 3.